The number of amides is 4. The van der Waals surface area contributed by atoms with Gasteiger partial charge in [-0.2, -0.15) is 0 Å². The maximum Gasteiger partial charge on any atom is 0.325 e. The van der Waals surface area contributed by atoms with E-state index in [2.05, 4.69) is 10.6 Å². The molecule has 2 aromatic carbocycles. The van der Waals surface area contributed by atoms with E-state index in [4.69, 9.17) is 23.2 Å². The molecule has 27 heavy (non-hydrogen) atoms. The lowest BCUT2D eigenvalue weighted by Crippen LogP contribution is -2.42. The van der Waals surface area contributed by atoms with Gasteiger partial charge in [-0.05, 0) is 42.2 Å². The lowest BCUT2D eigenvalue weighted by Gasteiger charge is -2.22. The highest BCUT2D eigenvalue weighted by Crippen LogP contribution is 2.41. The molecule has 2 aliphatic rings. The fraction of sp³-hybridized carbons (Fsp3) is 0.211. The Morgan fingerprint density at radius 2 is 1.85 bits per heavy atom. The zero-order valence-electron chi connectivity index (χ0n) is 14.1. The summed E-state index contributed by atoms with van der Waals surface area (Å²) in [5, 5.41) is 6.14. The van der Waals surface area contributed by atoms with Gasteiger partial charge in [-0.25, -0.2) is 4.79 Å². The van der Waals surface area contributed by atoms with Crippen LogP contribution in [0.15, 0.2) is 42.5 Å². The molecule has 8 heteroatoms. The zero-order chi connectivity index (χ0) is 19.2. The molecule has 2 N–H and O–H groups in total. The van der Waals surface area contributed by atoms with E-state index in [1.807, 2.05) is 24.3 Å². The molecule has 2 aromatic rings. The largest absolute Gasteiger partial charge is 0.325 e. The van der Waals surface area contributed by atoms with Crippen LogP contribution in [0.25, 0.3) is 0 Å². The second-order valence-corrected chi connectivity index (χ2v) is 7.46. The maximum absolute atomic E-state index is 13.0. The summed E-state index contributed by atoms with van der Waals surface area (Å²) in [5.74, 6) is -0.920. The number of carbonyl (C=O) groups is 3. The van der Waals surface area contributed by atoms with Crippen molar-refractivity contribution >= 4 is 46.7 Å². The van der Waals surface area contributed by atoms with Crippen LogP contribution in [0.5, 0.6) is 0 Å². The predicted molar refractivity (Wildman–Crippen MR) is 102 cm³/mol. The van der Waals surface area contributed by atoms with Gasteiger partial charge >= 0.3 is 6.03 Å². The Labute approximate surface area is 165 Å². The van der Waals surface area contributed by atoms with E-state index in [-0.39, 0.29) is 0 Å². The number of nitrogens with one attached hydrogen (secondary N) is 2. The molecule has 0 unspecified atom stereocenters. The molecule has 1 aliphatic heterocycles. The van der Waals surface area contributed by atoms with E-state index in [0.717, 1.165) is 16.0 Å². The molecule has 1 atom stereocenters. The minimum absolute atomic E-state index is 0.370. The van der Waals surface area contributed by atoms with Crippen molar-refractivity contribution in [2.24, 2.45) is 0 Å². The van der Waals surface area contributed by atoms with Crippen molar-refractivity contribution in [2.45, 2.75) is 18.4 Å². The van der Waals surface area contributed by atoms with Crippen molar-refractivity contribution in [1.29, 1.82) is 0 Å². The Bertz CT molecular complexity index is 958. The van der Waals surface area contributed by atoms with Crippen LogP contribution in [-0.2, 0) is 21.5 Å². The van der Waals surface area contributed by atoms with E-state index in [1.165, 1.54) is 18.2 Å². The molecule has 1 saturated heterocycles. The van der Waals surface area contributed by atoms with Gasteiger partial charge < -0.3 is 10.6 Å². The Balaban J connectivity index is 1.53. The highest BCUT2D eigenvalue weighted by atomic mass is 35.5. The molecule has 0 saturated carbocycles. The molecule has 138 valence electrons. The fourth-order valence-corrected chi connectivity index (χ4v) is 4.23. The summed E-state index contributed by atoms with van der Waals surface area (Å²) in [6.07, 6.45) is 1.18. The first-order chi connectivity index (χ1) is 12.9. The normalized spacial score (nSPS) is 20.7. The number of rotatable bonds is 3. The van der Waals surface area contributed by atoms with Gasteiger partial charge in [0.15, 0.2) is 0 Å². The second-order valence-electron chi connectivity index (χ2n) is 6.59. The molecule has 6 nitrogen and oxygen atoms in total. The van der Waals surface area contributed by atoms with Crippen molar-refractivity contribution < 1.29 is 14.4 Å². The van der Waals surface area contributed by atoms with Crippen LogP contribution in [0, 0.1) is 0 Å². The standard InChI is InChI=1S/C19H15Cl2N3O3/c20-12-7-13(21)9-14(8-12)22-16(25)10-24-17(26)19(23-18(24)27)6-5-11-3-1-2-4-15(11)19/h1-4,7-9H,5-6,10H2,(H,22,25)(H,23,27)/t19-/m1/s1. The molecule has 0 aromatic heterocycles. The summed E-state index contributed by atoms with van der Waals surface area (Å²) >= 11 is 11.8. The topological polar surface area (TPSA) is 78.5 Å². The van der Waals surface area contributed by atoms with Crippen LogP contribution in [-0.4, -0.2) is 29.3 Å². The number of urea groups is 1. The Hall–Kier alpha value is -2.57. The first kappa shape index (κ1) is 17.8. The van der Waals surface area contributed by atoms with E-state index >= 15 is 0 Å². The molecular weight excluding hydrogens is 389 g/mol. The molecule has 1 aliphatic carbocycles. The van der Waals surface area contributed by atoms with Crippen molar-refractivity contribution in [1.82, 2.24) is 10.2 Å². The number of halogens is 2. The quantitative estimate of drug-likeness (QED) is 0.771. The maximum atomic E-state index is 13.0. The minimum atomic E-state index is -1.08. The molecule has 0 bridgehead atoms. The monoisotopic (exact) mass is 403 g/mol. The van der Waals surface area contributed by atoms with E-state index < -0.39 is 29.9 Å². The third-order valence-corrected chi connectivity index (χ3v) is 5.31. The minimum Gasteiger partial charge on any atom is -0.324 e. The van der Waals surface area contributed by atoms with Gasteiger partial charge in [0.05, 0.1) is 0 Å². The van der Waals surface area contributed by atoms with Crippen LogP contribution in [0.1, 0.15) is 17.5 Å². The number of aryl methyl sites for hydroxylation is 1. The number of anilines is 1. The number of hydrogen-bond acceptors (Lipinski definition) is 3. The lowest BCUT2D eigenvalue weighted by molar-refractivity contribution is -0.134. The van der Waals surface area contributed by atoms with Crippen LogP contribution >= 0.6 is 23.2 Å². The summed E-state index contributed by atoms with van der Waals surface area (Å²) in [7, 11) is 0. The van der Waals surface area contributed by atoms with Gasteiger partial charge in [-0.1, -0.05) is 47.5 Å². The third-order valence-electron chi connectivity index (χ3n) is 4.87. The van der Waals surface area contributed by atoms with Crippen LogP contribution in [0.4, 0.5) is 10.5 Å². The number of hydrogen-bond donors (Lipinski definition) is 2. The second kappa shape index (κ2) is 6.55. The SMILES string of the molecule is O=C(CN1C(=O)N[C@@]2(CCc3ccccc32)C1=O)Nc1cc(Cl)cc(Cl)c1. The lowest BCUT2D eigenvalue weighted by atomic mass is 9.92. The van der Waals surface area contributed by atoms with Gasteiger partial charge in [-0.3, -0.25) is 14.5 Å². The zero-order valence-corrected chi connectivity index (χ0v) is 15.6. The van der Waals surface area contributed by atoms with Gasteiger partial charge in [0.25, 0.3) is 5.91 Å². The van der Waals surface area contributed by atoms with E-state index in [0.29, 0.717) is 28.6 Å². The average molecular weight is 404 g/mol. The number of benzene rings is 2. The van der Waals surface area contributed by atoms with Crippen molar-refractivity contribution in [3.63, 3.8) is 0 Å². The Morgan fingerprint density at radius 1 is 1.15 bits per heavy atom. The van der Waals surface area contributed by atoms with Crippen molar-refractivity contribution in [2.75, 3.05) is 11.9 Å². The molecule has 0 radical (unpaired) electrons. The number of fused-ring (bicyclic) bond motifs is 2. The number of carbonyl (C=O) groups excluding carboxylic acids is 3. The first-order valence-electron chi connectivity index (χ1n) is 8.37. The van der Waals surface area contributed by atoms with Crippen LogP contribution in [0.2, 0.25) is 10.0 Å². The average Bonchev–Trinajstić information content (AvgIpc) is 3.08. The third kappa shape index (κ3) is 3.05. The fourth-order valence-electron chi connectivity index (χ4n) is 3.70. The predicted octanol–water partition coefficient (Wildman–Crippen LogP) is 3.33. The highest BCUT2D eigenvalue weighted by molar-refractivity contribution is 6.35. The summed E-state index contributed by atoms with van der Waals surface area (Å²) in [6.45, 7) is -0.390. The van der Waals surface area contributed by atoms with E-state index in [9.17, 15) is 14.4 Å². The summed E-state index contributed by atoms with van der Waals surface area (Å²) in [4.78, 5) is 38.8. The Kier molecular flexibility index (Phi) is 4.32. The van der Waals surface area contributed by atoms with Crippen LogP contribution < -0.4 is 10.6 Å². The van der Waals surface area contributed by atoms with Gasteiger partial charge in [0, 0.05) is 15.7 Å². The molecule has 4 rings (SSSR count). The first-order valence-corrected chi connectivity index (χ1v) is 9.13. The molecule has 1 heterocycles. The molecule has 1 fully saturated rings. The van der Waals surface area contributed by atoms with Crippen molar-refractivity contribution in [3.8, 4) is 0 Å². The summed E-state index contributed by atoms with van der Waals surface area (Å²) in [6, 6.07) is 11.6. The summed E-state index contributed by atoms with van der Waals surface area (Å²) < 4.78 is 0. The molecule has 1 spiro atoms. The smallest absolute Gasteiger partial charge is 0.324 e. The number of nitrogens with zero attached hydrogens (tertiary/aromatic N) is 1. The van der Waals surface area contributed by atoms with Gasteiger partial charge in [0.2, 0.25) is 5.91 Å². The molecular formula is C19H15Cl2N3O3. The Morgan fingerprint density at radius 3 is 2.59 bits per heavy atom. The molecule has 4 amide bonds. The van der Waals surface area contributed by atoms with E-state index in [1.54, 1.807) is 0 Å². The van der Waals surface area contributed by atoms with Crippen LogP contribution in [0.3, 0.4) is 0 Å². The van der Waals surface area contributed by atoms with Gasteiger partial charge in [-0.15, -0.1) is 0 Å². The summed E-state index contributed by atoms with van der Waals surface area (Å²) in [5.41, 5.74) is 1.15. The van der Waals surface area contributed by atoms with Crippen molar-refractivity contribution in [3.05, 3.63) is 63.6 Å². The highest BCUT2D eigenvalue weighted by Gasteiger charge is 2.55. The number of imide groups is 1. The van der Waals surface area contributed by atoms with Gasteiger partial charge in [0.1, 0.15) is 12.1 Å².